The number of nitrogens with zero attached hydrogens (tertiary/aromatic N) is 1. The Kier molecular flexibility index (Phi) is 4.08. The zero-order valence-electron chi connectivity index (χ0n) is 11.8. The number of hydrogen-bond acceptors (Lipinski definition) is 5. The van der Waals surface area contributed by atoms with Crippen molar-refractivity contribution >= 4 is 11.9 Å². The topological polar surface area (TPSA) is 78.4 Å². The molecule has 1 aromatic heterocycles. The summed E-state index contributed by atoms with van der Waals surface area (Å²) in [5, 5.41) is 3.85. The Morgan fingerprint density at radius 2 is 2.05 bits per heavy atom. The Morgan fingerprint density at radius 1 is 1.40 bits per heavy atom. The standard InChI is InChI=1S/C15H18N2O3/c1-4-9(2)10-5-7-11(8-6-10)13-12(15(18)19-3)14(16)20-17-13/h5-9H,4,16H2,1-3H3. The van der Waals surface area contributed by atoms with Crippen LogP contribution in [0, 0.1) is 0 Å². The Bertz CT molecular complexity index is 602. The maximum absolute atomic E-state index is 11.7. The fourth-order valence-corrected chi connectivity index (χ4v) is 2.00. The van der Waals surface area contributed by atoms with Crippen LogP contribution in [0.4, 0.5) is 5.88 Å². The fraction of sp³-hybridized carbons (Fsp3) is 0.333. The quantitative estimate of drug-likeness (QED) is 0.866. The molecule has 0 saturated carbocycles. The molecule has 1 heterocycles. The molecule has 2 aromatic rings. The molecular weight excluding hydrogens is 256 g/mol. The predicted molar refractivity (Wildman–Crippen MR) is 76.4 cm³/mol. The second kappa shape index (κ2) is 5.77. The van der Waals surface area contributed by atoms with Gasteiger partial charge in [-0.3, -0.25) is 0 Å². The highest BCUT2D eigenvalue weighted by atomic mass is 16.5. The van der Waals surface area contributed by atoms with Crippen LogP contribution in [-0.4, -0.2) is 18.2 Å². The van der Waals surface area contributed by atoms with E-state index < -0.39 is 5.97 Å². The number of hydrogen-bond donors (Lipinski definition) is 1. The summed E-state index contributed by atoms with van der Waals surface area (Å²) in [4.78, 5) is 11.7. The summed E-state index contributed by atoms with van der Waals surface area (Å²) >= 11 is 0. The van der Waals surface area contributed by atoms with E-state index in [0.29, 0.717) is 11.6 Å². The lowest BCUT2D eigenvalue weighted by Crippen LogP contribution is -2.05. The molecule has 0 saturated heterocycles. The first-order valence-electron chi connectivity index (χ1n) is 6.52. The minimum absolute atomic E-state index is 0.0298. The predicted octanol–water partition coefficient (Wildman–Crippen LogP) is 3.22. The molecule has 106 valence electrons. The smallest absolute Gasteiger partial charge is 0.345 e. The van der Waals surface area contributed by atoms with E-state index in [0.717, 1.165) is 12.0 Å². The Hall–Kier alpha value is -2.30. The van der Waals surface area contributed by atoms with Gasteiger partial charge in [-0.05, 0) is 17.9 Å². The van der Waals surface area contributed by atoms with Crippen LogP contribution in [0.25, 0.3) is 11.3 Å². The lowest BCUT2D eigenvalue weighted by molar-refractivity contribution is 0.0602. The lowest BCUT2D eigenvalue weighted by Gasteiger charge is -2.09. The van der Waals surface area contributed by atoms with E-state index in [1.807, 2.05) is 24.3 Å². The van der Waals surface area contributed by atoms with Crippen molar-refractivity contribution < 1.29 is 14.1 Å². The monoisotopic (exact) mass is 274 g/mol. The molecule has 1 atom stereocenters. The number of anilines is 1. The fourth-order valence-electron chi connectivity index (χ4n) is 2.00. The average molecular weight is 274 g/mol. The first-order chi connectivity index (χ1) is 9.58. The Labute approximate surface area is 117 Å². The number of aromatic nitrogens is 1. The van der Waals surface area contributed by atoms with Crippen LogP contribution in [0.15, 0.2) is 28.8 Å². The van der Waals surface area contributed by atoms with Crippen molar-refractivity contribution in [1.29, 1.82) is 0 Å². The second-order valence-corrected chi connectivity index (χ2v) is 4.69. The number of rotatable bonds is 4. The number of ether oxygens (including phenoxy) is 1. The molecule has 1 aromatic carbocycles. The van der Waals surface area contributed by atoms with Gasteiger partial charge in [-0.1, -0.05) is 43.3 Å². The third kappa shape index (κ3) is 2.52. The first kappa shape index (κ1) is 14.1. The molecule has 20 heavy (non-hydrogen) atoms. The highest BCUT2D eigenvalue weighted by Gasteiger charge is 2.23. The lowest BCUT2D eigenvalue weighted by atomic mass is 9.96. The number of methoxy groups -OCH3 is 1. The maximum atomic E-state index is 11.7. The van der Waals surface area contributed by atoms with E-state index in [4.69, 9.17) is 15.0 Å². The molecule has 0 aliphatic rings. The number of carbonyl (C=O) groups is 1. The summed E-state index contributed by atoms with van der Waals surface area (Å²) in [7, 11) is 1.30. The van der Waals surface area contributed by atoms with Crippen LogP contribution in [0.3, 0.4) is 0 Å². The van der Waals surface area contributed by atoms with Crippen molar-refractivity contribution in [3.63, 3.8) is 0 Å². The summed E-state index contributed by atoms with van der Waals surface area (Å²) < 4.78 is 9.60. The minimum Gasteiger partial charge on any atom is -0.465 e. The molecule has 0 spiro atoms. The molecule has 0 aliphatic heterocycles. The van der Waals surface area contributed by atoms with Gasteiger partial charge in [0.1, 0.15) is 5.69 Å². The van der Waals surface area contributed by atoms with Gasteiger partial charge in [0.15, 0.2) is 5.56 Å². The van der Waals surface area contributed by atoms with E-state index in [2.05, 4.69) is 19.0 Å². The van der Waals surface area contributed by atoms with Gasteiger partial charge >= 0.3 is 5.97 Å². The Balaban J connectivity index is 2.40. The van der Waals surface area contributed by atoms with E-state index in [9.17, 15) is 4.79 Å². The molecular formula is C15H18N2O3. The number of carbonyl (C=O) groups excluding carboxylic acids is 1. The molecule has 5 heteroatoms. The summed E-state index contributed by atoms with van der Waals surface area (Å²) in [6.45, 7) is 4.31. The molecule has 0 bridgehead atoms. The van der Waals surface area contributed by atoms with Gasteiger partial charge in [0.2, 0.25) is 5.88 Å². The van der Waals surface area contributed by atoms with Gasteiger partial charge in [0.25, 0.3) is 0 Å². The largest absolute Gasteiger partial charge is 0.465 e. The molecule has 2 N–H and O–H groups in total. The highest BCUT2D eigenvalue weighted by molar-refractivity contribution is 6.00. The normalized spacial score (nSPS) is 12.2. The summed E-state index contributed by atoms with van der Waals surface area (Å²) in [6, 6.07) is 7.86. The van der Waals surface area contributed by atoms with Crippen molar-refractivity contribution in [2.45, 2.75) is 26.2 Å². The molecule has 0 fully saturated rings. The summed E-state index contributed by atoms with van der Waals surface area (Å²) in [5.74, 6) is -0.0888. The number of nitrogen functional groups attached to an aromatic ring is 1. The molecule has 0 aliphatic carbocycles. The van der Waals surface area contributed by atoms with Crippen LogP contribution in [0.5, 0.6) is 0 Å². The van der Waals surface area contributed by atoms with Crippen LogP contribution in [-0.2, 0) is 4.74 Å². The van der Waals surface area contributed by atoms with E-state index in [-0.39, 0.29) is 11.4 Å². The van der Waals surface area contributed by atoms with Gasteiger partial charge in [-0.2, -0.15) is 0 Å². The van der Waals surface area contributed by atoms with E-state index >= 15 is 0 Å². The zero-order valence-corrected chi connectivity index (χ0v) is 11.8. The average Bonchev–Trinajstić information content (AvgIpc) is 2.87. The number of esters is 1. The van der Waals surface area contributed by atoms with Gasteiger partial charge < -0.3 is 15.0 Å². The molecule has 0 amide bonds. The van der Waals surface area contributed by atoms with Gasteiger partial charge in [-0.15, -0.1) is 0 Å². The van der Waals surface area contributed by atoms with E-state index in [1.165, 1.54) is 12.7 Å². The van der Waals surface area contributed by atoms with Gasteiger partial charge in [-0.25, -0.2) is 4.79 Å². The Morgan fingerprint density at radius 3 is 2.60 bits per heavy atom. The van der Waals surface area contributed by atoms with Crippen LogP contribution < -0.4 is 5.73 Å². The van der Waals surface area contributed by atoms with Crippen molar-refractivity contribution in [1.82, 2.24) is 5.16 Å². The third-order valence-corrected chi connectivity index (χ3v) is 3.47. The van der Waals surface area contributed by atoms with Gasteiger partial charge in [0, 0.05) is 5.56 Å². The maximum Gasteiger partial charge on any atom is 0.345 e. The highest BCUT2D eigenvalue weighted by Crippen LogP contribution is 2.29. The van der Waals surface area contributed by atoms with E-state index in [1.54, 1.807) is 0 Å². The molecule has 1 unspecified atom stereocenters. The summed E-state index contributed by atoms with van der Waals surface area (Å²) in [5.41, 5.74) is 8.22. The van der Waals surface area contributed by atoms with Gasteiger partial charge in [0.05, 0.1) is 7.11 Å². The molecule has 0 radical (unpaired) electrons. The van der Waals surface area contributed by atoms with Crippen LogP contribution in [0.2, 0.25) is 0 Å². The molecule has 5 nitrogen and oxygen atoms in total. The van der Waals surface area contributed by atoms with Crippen molar-refractivity contribution in [2.24, 2.45) is 0 Å². The first-order valence-corrected chi connectivity index (χ1v) is 6.52. The van der Waals surface area contributed by atoms with Crippen molar-refractivity contribution in [3.8, 4) is 11.3 Å². The second-order valence-electron chi connectivity index (χ2n) is 4.69. The molecule has 2 rings (SSSR count). The van der Waals surface area contributed by atoms with Crippen LogP contribution in [0.1, 0.15) is 42.1 Å². The zero-order chi connectivity index (χ0) is 14.7. The van der Waals surface area contributed by atoms with Crippen LogP contribution >= 0.6 is 0 Å². The number of nitrogens with two attached hydrogens (primary N) is 1. The SMILES string of the molecule is CCC(C)c1ccc(-c2noc(N)c2C(=O)OC)cc1. The summed E-state index contributed by atoms with van der Waals surface area (Å²) in [6.07, 6.45) is 1.07. The minimum atomic E-state index is -0.551. The van der Waals surface area contributed by atoms with Crippen molar-refractivity contribution in [3.05, 3.63) is 35.4 Å². The third-order valence-electron chi connectivity index (χ3n) is 3.47. The number of benzene rings is 1. The van der Waals surface area contributed by atoms with Crippen molar-refractivity contribution in [2.75, 3.05) is 12.8 Å².